The Labute approximate surface area is 81.0 Å². The maximum absolute atomic E-state index is 10.6. The lowest BCUT2D eigenvalue weighted by Crippen LogP contribution is -1.93. The quantitative estimate of drug-likeness (QED) is 0.318. The summed E-state index contributed by atoms with van der Waals surface area (Å²) in [5, 5.41) is 10.6. The van der Waals surface area contributed by atoms with Gasteiger partial charge in [0.1, 0.15) is 6.29 Å². The Bertz CT molecular complexity index is 396. The minimum atomic E-state index is -0.461. The second kappa shape index (κ2) is 4.32. The van der Waals surface area contributed by atoms with E-state index in [0.717, 1.165) is 0 Å². The number of carbonyl (C=O) groups excluding carboxylic acids is 1. The number of carbonyl (C=O) groups is 1. The van der Waals surface area contributed by atoms with Crippen LogP contribution in [0.15, 0.2) is 30.3 Å². The molecule has 72 valence electrons. The monoisotopic (exact) mass is 191 g/mol. The van der Waals surface area contributed by atoms with E-state index in [1.165, 1.54) is 12.1 Å². The van der Waals surface area contributed by atoms with Crippen LogP contribution >= 0.6 is 0 Å². The summed E-state index contributed by atoms with van der Waals surface area (Å²) in [6.07, 6.45) is 1.92. The number of aldehydes is 1. The summed E-state index contributed by atoms with van der Waals surface area (Å²) in [5.41, 5.74) is 1.08. The van der Waals surface area contributed by atoms with Gasteiger partial charge in [-0.3, -0.25) is 14.9 Å². The van der Waals surface area contributed by atoms with Gasteiger partial charge in [0.15, 0.2) is 0 Å². The van der Waals surface area contributed by atoms with Crippen molar-refractivity contribution in [3.8, 4) is 0 Å². The largest absolute Gasteiger partial charge is 0.299 e. The van der Waals surface area contributed by atoms with Crippen molar-refractivity contribution in [1.82, 2.24) is 0 Å². The van der Waals surface area contributed by atoms with E-state index >= 15 is 0 Å². The van der Waals surface area contributed by atoms with Gasteiger partial charge in [0.2, 0.25) is 0 Å². The zero-order chi connectivity index (χ0) is 10.6. The summed E-state index contributed by atoms with van der Waals surface area (Å²) in [6.45, 7) is 1.66. The van der Waals surface area contributed by atoms with Crippen molar-refractivity contribution in [3.63, 3.8) is 0 Å². The standard InChI is InChI=1S/C10H9NO3/c1-8(6-7-12)9-4-2-3-5-10(9)11(13)14/h2-7H,1H3. The van der Waals surface area contributed by atoms with Crippen LogP contribution in [0.5, 0.6) is 0 Å². The average molecular weight is 191 g/mol. The van der Waals surface area contributed by atoms with E-state index in [2.05, 4.69) is 0 Å². The zero-order valence-corrected chi connectivity index (χ0v) is 7.64. The highest BCUT2D eigenvalue weighted by Crippen LogP contribution is 2.24. The molecule has 0 atom stereocenters. The highest BCUT2D eigenvalue weighted by molar-refractivity contribution is 5.83. The van der Waals surface area contributed by atoms with Crippen molar-refractivity contribution in [2.45, 2.75) is 6.92 Å². The minimum absolute atomic E-state index is 0.0168. The molecular weight excluding hydrogens is 182 g/mol. The lowest BCUT2D eigenvalue weighted by atomic mass is 10.1. The number of hydrogen-bond donors (Lipinski definition) is 0. The molecule has 0 spiro atoms. The molecular formula is C10H9NO3. The average Bonchev–Trinajstić information content (AvgIpc) is 2.18. The number of para-hydroxylation sites is 1. The van der Waals surface area contributed by atoms with Gasteiger partial charge in [-0.25, -0.2) is 0 Å². The predicted octanol–water partition coefficient (Wildman–Crippen LogP) is 2.20. The van der Waals surface area contributed by atoms with E-state index in [1.54, 1.807) is 25.1 Å². The maximum Gasteiger partial charge on any atom is 0.276 e. The first-order valence-electron chi connectivity index (χ1n) is 4.02. The van der Waals surface area contributed by atoms with E-state index in [-0.39, 0.29) is 5.69 Å². The third-order valence-electron chi connectivity index (χ3n) is 1.84. The van der Waals surface area contributed by atoms with Crippen LogP contribution in [0.25, 0.3) is 5.57 Å². The van der Waals surface area contributed by atoms with Crippen LogP contribution in [-0.4, -0.2) is 11.2 Å². The molecule has 4 heteroatoms. The molecule has 14 heavy (non-hydrogen) atoms. The Morgan fingerprint density at radius 2 is 2.07 bits per heavy atom. The smallest absolute Gasteiger partial charge is 0.276 e. The first kappa shape index (κ1) is 10.1. The number of benzene rings is 1. The molecule has 4 nitrogen and oxygen atoms in total. The second-order valence-corrected chi connectivity index (χ2v) is 2.76. The number of nitro groups is 1. The Kier molecular flexibility index (Phi) is 3.12. The molecule has 0 unspecified atom stereocenters. The van der Waals surface area contributed by atoms with Gasteiger partial charge in [-0.15, -0.1) is 0 Å². The van der Waals surface area contributed by atoms with Crippen LogP contribution in [0.1, 0.15) is 12.5 Å². The lowest BCUT2D eigenvalue weighted by Gasteiger charge is -2.00. The molecule has 0 N–H and O–H groups in total. The normalized spacial score (nSPS) is 11.1. The highest BCUT2D eigenvalue weighted by Gasteiger charge is 2.12. The molecule has 1 aromatic rings. The van der Waals surface area contributed by atoms with Gasteiger partial charge in [0.25, 0.3) is 5.69 Å². The van der Waals surface area contributed by atoms with E-state index in [0.29, 0.717) is 17.4 Å². The first-order valence-corrected chi connectivity index (χ1v) is 4.02. The van der Waals surface area contributed by atoms with Crippen LogP contribution in [0.4, 0.5) is 5.69 Å². The van der Waals surface area contributed by atoms with E-state index in [4.69, 9.17) is 0 Å². The Morgan fingerprint density at radius 1 is 1.43 bits per heavy atom. The fourth-order valence-corrected chi connectivity index (χ4v) is 1.16. The fraction of sp³-hybridized carbons (Fsp3) is 0.100. The summed E-state index contributed by atoms with van der Waals surface area (Å²) in [7, 11) is 0. The second-order valence-electron chi connectivity index (χ2n) is 2.76. The summed E-state index contributed by atoms with van der Waals surface area (Å²) >= 11 is 0. The first-order chi connectivity index (χ1) is 6.66. The van der Waals surface area contributed by atoms with Gasteiger partial charge in [-0.1, -0.05) is 12.1 Å². The van der Waals surface area contributed by atoms with Gasteiger partial charge in [0.05, 0.1) is 10.5 Å². The number of rotatable bonds is 3. The summed E-state index contributed by atoms with van der Waals surface area (Å²) in [4.78, 5) is 20.4. The van der Waals surface area contributed by atoms with Crippen LogP contribution in [0, 0.1) is 10.1 Å². The van der Waals surface area contributed by atoms with Crippen LogP contribution in [0.3, 0.4) is 0 Å². The molecule has 0 amide bonds. The molecule has 0 aliphatic rings. The Balaban J connectivity index is 3.26. The minimum Gasteiger partial charge on any atom is -0.299 e. The highest BCUT2D eigenvalue weighted by atomic mass is 16.6. The van der Waals surface area contributed by atoms with Crippen molar-refractivity contribution in [3.05, 3.63) is 46.0 Å². The summed E-state index contributed by atoms with van der Waals surface area (Å²) in [5.74, 6) is 0. The van der Waals surface area contributed by atoms with Gasteiger partial charge in [-0.2, -0.15) is 0 Å². The Morgan fingerprint density at radius 3 is 2.64 bits per heavy atom. The van der Waals surface area contributed by atoms with Gasteiger partial charge in [0, 0.05) is 6.07 Å². The van der Waals surface area contributed by atoms with Crippen molar-refractivity contribution >= 4 is 17.5 Å². The maximum atomic E-state index is 10.6. The van der Waals surface area contributed by atoms with Gasteiger partial charge in [-0.05, 0) is 24.6 Å². The molecule has 0 aliphatic heterocycles. The van der Waals surface area contributed by atoms with E-state index < -0.39 is 4.92 Å². The van der Waals surface area contributed by atoms with Crippen LogP contribution < -0.4 is 0 Å². The van der Waals surface area contributed by atoms with Crippen molar-refractivity contribution in [2.75, 3.05) is 0 Å². The molecule has 0 radical (unpaired) electrons. The van der Waals surface area contributed by atoms with E-state index in [1.807, 2.05) is 0 Å². The van der Waals surface area contributed by atoms with Crippen LogP contribution in [0.2, 0.25) is 0 Å². The lowest BCUT2D eigenvalue weighted by molar-refractivity contribution is -0.385. The van der Waals surface area contributed by atoms with Gasteiger partial charge >= 0.3 is 0 Å². The van der Waals surface area contributed by atoms with Gasteiger partial charge < -0.3 is 0 Å². The van der Waals surface area contributed by atoms with Crippen molar-refractivity contribution in [1.29, 1.82) is 0 Å². The molecule has 0 bridgehead atoms. The third kappa shape index (κ3) is 2.04. The van der Waals surface area contributed by atoms with Crippen LogP contribution in [-0.2, 0) is 4.79 Å². The SMILES string of the molecule is CC(=CC=O)c1ccccc1[N+](=O)[O-]. The summed E-state index contributed by atoms with van der Waals surface area (Å²) < 4.78 is 0. The Hall–Kier alpha value is -1.97. The molecule has 0 saturated heterocycles. The number of nitrogens with zero attached hydrogens (tertiary/aromatic N) is 1. The van der Waals surface area contributed by atoms with Crippen molar-refractivity contribution < 1.29 is 9.72 Å². The molecule has 0 aliphatic carbocycles. The number of hydrogen-bond acceptors (Lipinski definition) is 3. The molecule has 0 fully saturated rings. The molecule has 0 heterocycles. The molecule has 0 aromatic heterocycles. The molecule has 1 rings (SSSR count). The third-order valence-corrected chi connectivity index (χ3v) is 1.84. The topological polar surface area (TPSA) is 60.2 Å². The predicted molar refractivity (Wildman–Crippen MR) is 52.8 cm³/mol. The number of allylic oxidation sites excluding steroid dienone is 2. The molecule has 0 saturated carbocycles. The zero-order valence-electron chi connectivity index (χ0n) is 7.64. The summed E-state index contributed by atoms with van der Waals surface area (Å²) in [6, 6.07) is 6.32. The fourth-order valence-electron chi connectivity index (χ4n) is 1.16. The van der Waals surface area contributed by atoms with E-state index in [9.17, 15) is 14.9 Å². The van der Waals surface area contributed by atoms with Crippen molar-refractivity contribution in [2.24, 2.45) is 0 Å². The number of nitro benzene ring substituents is 1. The molecule has 1 aromatic carbocycles.